The van der Waals surface area contributed by atoms with Crippen molar-refractivity contribution < 1.29 is 48.1 Å². The molecular formula is C40H60N6O10. The van der Waals surface area contributed by atoms with E-state index in [0.717, 1.165) is 19.3 Å². The van der Waals surface area contributed by atoms with Crippen LogP contribution in [0, 0.1) is 29.6 Å². The largest absolute Gasteiger partial charge is 0.449 e. The van der Waals surface area contributed by atoms with E-state index in [0.29, 0.717) is 24.8 Å². The third kappa shape index (κ3) is 11.3. The number of hydrogen-bond donors (Lipinski definition) is 5. The number of rotatable bonds is 19. The maximum absolute atomic E-state index is 14.4. The predicted molar refractivity (Wildman–Crippen MR) is 204 cm³/mol. The molecule has 1 aromatic carbocycles. The van der Waals surface area contributed by atoms with Gasteiger partial charge >= 0.3 is 6.09 Å². The predicted octanol–water partition coefficient (Wildman–Crippen LogP) is 1.66. The van der Waals surface area contributed by atoms with Crippen LogP contribution >= 0.6 is 0 Å². The Labute approximate surface area is 329 Å². The van der Waals surface area contributed by atoms with E-state index in [1.165, 1.54) is 9.80 Å². The number of nitrogens with zero attached hydrogens (tertiary/aromatic N) is 2. The maximum Gasteiger partial charge on any atom is 0.407 e. The fourth-order valence-electron chi connectivity index (χ4n) is 7.95. The minimum atomic E-state index is -1.29. The topological polar surface area (TPSA) is 213 Å². The van der Waals surface area contributed by atoms with Crippen molar-refractivity contribution in [2.75, 3.05) is 40.4 Å². The number of fused-ring (bicyclic) bond motifs is 1. The third-order valence-electron chi connectivity index (χ3n) is 10.8. The smallest absolute Gasteiger partial charge is 0.407 e. The van der Waals surface area contributed by atoms with Crippen LogP contribution in [0.4, 0.5) is 4.79 Å². The number of ether oxygens (including phenoxy) is 2. The standard InChI is InChI=1S/C40H60N6O10/c1-7-15-27(34(48)36(50)41-20-28(47)43-31(37(51)45(5)6)24-16-11-9-12-17-24)42-35(49)33-29-26(30(29)39(53)55-8-2)21-46(33)38(52)32(25-18-13-10-14-19-25)44-40(54)56-22-23(3)4/h9,11-12,16-17,23,25-27,29-33,39,53H,7-8,10,13-15,18-22H2,1-6H3,(H,41,50)(H,42,49)(H,43,47)(H,44,54)/t26-,27?,29+,30+,31?,32-,33-,39-/m0/s1. The van der Waals surface area contributed by atoms with E-state index in [4.69, 9.17) is 9.47 Å². The van der Waals surface area contributed by atoms with Crippen LogP contribution in [0.1, 0.15) is 84.2 Å². The molecule has 0 bridgehead atoms. The molecule has 16 heteroatoms. The first-order valence-corrected chi connectivity index (χ1v) is 19.9. The van der Waals surface area contributed by atoms with Crippen LogP contribution in [0.25, 0.3) is 0 Å². The molecule has 2 unspecified atom stereocenters. The molecule has 5 N–H and O–H groups in total. The Hall–Kier alpha value is -4.57. The number of hydrogen-bond acceptors (Lipinski definition) is 10. The van der Waals surface area contributed by atoms with E-state index in [1.807, 2.05) is 13.8 Å². The Kier molecular flexibility index (Phi) is 16.2. The molecule has 1 aliphatic heterocycles. The Morgan fingerprint density at radius 3 is 2.23 bits per heavy atom. The van der Waals surface area contributed by atoms with Crippen LogP contribution in [0.5, 0.6) is 0 Å². The molecule has 3 aliphatic rings. The van der Waals surface area contributed by atoms with Gasteiger partial charge in [0.25, 0.3) is 5.91 Å². The SMILES string of the molecule is CCCC(NC(=O)[C@@H]1[C@@H]2[C@H](CN1C(=O)[C@@H](NC(=O)OCC(C)C)C1CCCCC1)[C@H]2[C@@H](O)OCC)C(=O)C(=O)NCC(=O)NC(C(=O)N(C)C)c1ccccc1. The average molecular weight is 785 g/mol. The van der Waals surface area contributed by atoms with E-state index in [-0.39, 0.29) is 43.9 Å². The van der Waals surface area contributed by atoms with Crippen molar-refractivity contribution >= 4 is 41.4 Å². The molecule has 56 heavy (non-hydrogen) atoms. The van der Waals surface area contributed by atoms with E-state index in [1.54, 1.807) is 58.3 Å². The second-order valence-corrected chi connectivity index (χ2v) is 15.7. The molecule has 1 aromatic rings. The highest BCUT2D eigenvalue weighted by atomic mass is 16.6. The van der Waals surface area contributed by atoms with Gasteiger partial charge in [-0.2, -0.15) is 0 Å². The summed E-state index contributed by atoms with van der Waals surface area (Å²) in [4.78, 5) is 96.8. The van der Waals surface area contributed by atoms with Gasteiger partial charge in [0.15, 0.2) is 6.29 Å². The Balaban J connectivity index is 1.49. The zero-order valence-corrected chi connectivity index (χ0v) is 33.5. The number of carbonyl (C=O) groups is 7. The number of benzene rings is 1. The molecule has 1 saturated heterocycles. The summed E-state index contributed by atoms with van der Waals surface area (Å²) in [6, 6.07) is 4.22. The molecule has 6 amide bonds. The molecular weight excluding hydrogens is 724 g/mol. The van der Waals surface area contributed by atoms with Crippen molar-refractivity contribution in [2.45, 2.75) is 103 Å². The Morgan fingerprint density at radius 2 is 1.62 bits per heavy atom. The third-order valence-corrected chi connectivity index (χ3v) is 10.8. The van der Waals surface area contributed by atoms with Gasteiger partial charge < -0.3 is 45.6 Å². The molecule has 310 valence electrons. The van der Waals surface area contributed by atoms with Crippen LogP contribution in [0.3, 0.4) is 0 Å². The number of Topliss-reactive ketones (excluding diaryl/α,β-unsaturated/α-hetero) is 1. The van der Waals surface area contributed by atoms with Crippen molar-refractivity contribution in [3.8, 4) is 0 Å². The number of ketones is 1. The highest BCUT2D eigenvalue weighted by molar-refractivity contribution is 6.38. The summed E-state index contributed by atoms with van der Waals surface area (Å²) in [5.74, 6) is -5.59. The first-order chi connectivity index (χ1) is 26.7. The summed E-state index contributed by atoms with van der Waals surface area (Å²) in [5, 5.41) is 21.2. The summed E-state index contributed by atoms with van der Waals surface area (Å²) >= 11 is 0. The number of likely N-dealkylation sites (N-methyl/N-ethyl adjacent to an activating group) is 1. The maximum atomic E-state index is 14.4. The number of amides is 6. The van der Waals surface area contributed by atoms with Crippen molar-refractivity contribution in [1.29, 1.82) is 0 Å². The number of nitrogens with one attached hydrogen (secondary N) is 4. The lowest BCUT2D eigenvalue weighted by atomic mass is 9.83. The summed E-state index contributed by atoms with van der Waals surface area (Å²) in [7, 11) is 3.10. The molecule has 1 heterocycles. The van der Waals surface area contributed by atoms with Gasteiger partial charge in [0.1, 0.15) is 18.1 Å². The lowest BCUT2D eigenvalue weighted by molar-refractivity contribution is -0.148. The zero-order valence-electron chi connectivity index (χ0n) is 33.5. The van der Waals surface area contributed by atoms with Crippen LogP contribution in [0.2, 0.25) is 0 Å². The number of piperidine rings is 1. The molecule has 3 fully saturated rings. The number of likely N-dealkylation sites (tertiary alicyclic amines) is 1. The van der Waals surface area contributed by atoms with Gasteiger partial charge in [-0.15, -0.1) is 0 Å². The van der Waals surface area contributed by atoms with Crippen LogP contribution in [-0.4, -0.2) is 121 Å². The number of aliphatic hydroxyl groups excluding tert-OH is 1. The van der Waals surface area contributed by atoms with Gasteiger partial charge in [-0.3, -0.25) is 28.8 Å². The van der Waals surface area contributed by atoms with Crippen molar-refractivity contribution in [3.63, 3.8) is 0 Å². The second kappa shape index (κ2) is 20.6. The molecule has 4 rings (SSSR count). The fourth-order valence-corrected chi connectivity index (χ4v) is 7.95. The van der Waals surface area contributed by atoms with Crippen LogP contribution < -0.4 is 21.3 Å². The second-order valence-electron chi connectivity index (χ2n) is 15.7. The number of aliphatic hydroxyl groups is 1. The lowest BCUT2D eigenvalue weighted by Crippen LogP contribution is -2.59. The number of alkyl carbamates (subject to hydrolysis) is 1. The van der Waals surface area contributed by atoms with Crippen LogP contribution in [0.15, 0.2) is 30.3 Å². The molecule has 2 saturated carbocycles. The van der Waals surface area contributed by atoms with E-state index < -0.39 is 90.3 Å². The monoisotopic (exact) mass is 784 g/mol. The van der Waals surface area contributed by atoms with Gasteiger partial charge in [-0.05, 0) is 49.5 Å². The van der Waals surface area contributed by atoms with Crippen molar-refractivity contribution in [1.82, 2.24) is 31.1 Å². The van der Waals surface area contributed by atoms with Gasteiger partial charge in [0, 0.05) is 39.1 Å². The van der Waals surface area contributed by atoms with Gasteiger partial charge in [-0.25, -0.2) is 4.79 Å². The Morgan fingerprint density at radius 1 is 0.946 bits per heavy atom. The minimum Gasteiger partial charge on any atom is -0.449 e. The first kappa shape index (κ1) is 44.1. The van der Waals surface area contributed by atoms with E-state index in [9.17, 15) is 38.7 Å². The lowest BCUT2D eigenvalue weighted by Gasteiger charge is -2.36. The van der Waals surface area contributed by atoms with Crippen molar-refractivity contribution in [3.05, 3.63) is 35.9 Å². The highest BCUT2D eigenvalue weighted by Gasteiger charge is 2.67. The van der Waals surface area contributed by atoms with Crippen LogP contribution in [-0.2, 0) is 38.2 Å². The normalized spacial score (nSPS) is 22.5. The van der Waals surface area contributed by atoms with Gasteiger partial charge in [-0.1, -0.05) is 76.8 Å². The molecule has 2 aliphatic carbocycles. The average Bonchev–Trinajstić information content (AvgIpc) is 3.75. The summed E-state index contributed by atoms with van der Waals surface area (Å²) in [6.45, 7) is 7.24. The fraction of sp³-hybridized carbons (Fsp3) is 0.675. The summed E-state index contributed by atoms with van der Waals surface area (Å²) in [6.07, 6.45) is 2.83. The zero-order chi connectivity index (χ0) is 41.1. The summed E-state index contributed by atoms with van der Waals surface area (Å²) < 4.78 is 10.8. The quantitative estimate of drug-likeness (QED) is 0.101. The van der Waals surface area contributed by atoms with Crippen molar-refractivity contribution in [2.24, 2.45) is 29.6 Å². The molecule has 8 atom stereocenters. The highest BCUT2D eigenvalue weighted by Crippen LogP contribution is 2.57. The minimum absolute atomic E-state index is 0.0841. The molecule has 0 spiro atoms. The molecule has 16 nitrogen and oxygen atoms in total. The van der Waals surface area contributed by atoms with E-state index >= 15 is 0 Å². The first-order valence-electron chi connectivity index (χ1n) is 19.9. The van der Waals surface area contributed by atoms with Gasteiger partial charge in [0.2, 0.25) is 29.4 Å². The Bertz CT molecular complexity index is 1550. The number of carbonyl (C=O) groups excluding carboxylic acids is 7. The molecule has 0 aromatic heterocycles. The van der Waals surface area contributed by atoms with E-state index in [2.05, 4.69) is 21.3 Å². The summed E-state index contributed by atoms with van der Waals surface area (Å²) in [5.41, 5.74) is 0.535. The molecule has 0 radical (unpaired) electrons. The van der Waals surface area contributed by atoms with Gasteiger partial charge in [0.05, 0.1) is 19.2 Å².